The molecule has 11 heteroatoms. The first-order chi connectivity index (χ1) is 15.6. The first-order valence-electron chi connectivity index (χ1n) is 9.75. The Hall–Kier alpha value is -2.39. The Labute approximate surface area is 204 Å². The van der Waals surface area contributed by atoms with E-state index in [1.54, 1.807) is 36.4 Å². The van der Waals surface area contributed by atoms with Gasteiger partial charge in [0, 0.05) is 0 Å². The molecule has 2 aromatic carbocycles. The number of benzene rings is 2. The molecule has 4 unspecified atom stereocenters. The maximum Gasteiger partial charge on any atom is 0.338 e. The topological polar surface area (TPSA) is 94.9 Å². The Morgan fingerprint density at radius 3 is 2.06 bits per heavy atom. The van der Waals surface area contributed by atoms with E-state index in [0.717, 1.165) is 0 Å². The van der Waals surface area contributed by atoms with Crippen molar-refractivity contribution in [3.05, 3.63) is 71.8 Å². The third kappa shape index (κ3) is 7.04. The van der Waals surface area contributed by atoms with Crippen LogP contribution in [-0.4, -0.2) is 52.9 Å². The van der Waals surface area contributed by atoms with Gasteiger partial charge in [0.05, 0.1) is 17.5 Å². The lowest BCUT2D eigenvalue weighted by Gasteiger charge is -2.37. The zero-order chi connectivity index (χ0) is 24.0. The van der Waals surface area contributed by atoms with E-state index in [1.807, 2.05) is 0 Å². The summed E-state index contributed by atoms with van der Waals surface area (Å²) in [5.41, 5.74) is 0.483. The van der Waals surface area contributed by atoms with Gasteiger partial charge in [-0.3, -0.25) is 5.41 Å². The molecule has 1 N–H and O–H groups in total. The summed E-state index contributed by atoms with van der Waals surface area (Å²) < 4.78 is 34.2. The summed E-state index contributed by atoms with van der Waals surface area (Å²) in [4.78, 5) is 24.7. The van der Waals surface area contributed by atoms with E-state index in [0.29, 0.717) is 0 Å². The second-order valence-corrected chi connectivity index (χ2v) is 9.28. The average molecular weight is 519 g/mol. The van der Waals surface area contributed by atoms with E-state index in [2.05, 4.69) is 0 Å². The molecule has 1 aliphatic rings. The summed E-state index contributed by atoms with van der Waals surface area (Å²) in [6.07, 6.45) is -6.14. The summed E-state index contributed by atoms with van der Waals surface area (Å²) in [5.74, 6) is -2.22. The van der Waals surface area contributed by atoms with Gasteiger partial charge in [-0.05, 0) is 24.3 Å². The Balaban J connectivity index is 1.72. The predicted octanol–water partition coefficient (Wildman–Crippen LogP) is 4.89. The molecule has 33 heavy (non-hydrogen) atoms. The van der Waals surface area contributed by atoms with Crippen molar-refractivity contribution in [1.29, 1.82) is 5.41 Å². The Morgan fingerprint density at radius 1 is 0.970 bits per heavy atom. The van der Waals surface area contributed by atoms with Crippen LogP contribution in [0.2, 0.25) is 0 Å². The van der Waals surface area contributed by atoms with E-state index in [9.17, 15) is 9.59 Å². The Bertz CT molecular complexity index is 973. The number of hydrogen-bond donors (Lipinski definition) is 1. The number of rotatable bonds is 6. The van der Waals surface area contributed by atoms with Gasteiger partial charge in [-0.1, -0.05) is 71.2 Å². The van der Waals surface area contributed by atoms with E-state index >= 15 is 4.39 Å². The fourth-order valence-corrected chi connectivity index (χ4v) is 3.13. The summed E-state index contributed by atoms with van der Waals surface area (Å²) in [6.45, 7) is -0.505. The Morgan fingerprint density at radius 2 is 1.52 bits per heavy atom. The lowest BCUT2D eigenvalue weighted by Crippen LogP contribution is -2.51. The number of carbonyl (C=O) groups excluding carboxylic acids is 2. The van der Waals surface area contributed by atoms with Gasteiger partial charge in [0.1, 0.15) is 18.8 Å². The molecule has 0 amide bonds. The van der Waals surface area contributed by atoms with Crippen molar-refractivity contribution in [2.75, 3.05) is 6.61 Å². The van der Waals surface area contributed by atoms with Crippen molar-refractivity contribution < 1.29 is 32.9 Å². The molecule has 1 aliphatic heterocycles. The summed E-state index contributed by atoms with van der Waals surface area (Å²) in [7, 11) is 0. The predicted molar refractivity (Wildman–Crippen MR) is 120 cm³/mol. The van der Waals surface area contributed by atoms with Crippen molar-refractivity contribution in [1.82, 2.24) is 0 Å². The molecular weight excluding hydrogens is 500 g/mol. The maximum absolute atomic E-state index is 15.2. The summed E-state index contributed by atoms with van der Waals surface area (Å²) in [5, 5.41) is 7.73. The number of carbonyl (C=O) groups is 2. The first-order valence-corrected chi connectivity index (χ1v) is 10.9. The number of nitrogens with one attached hydrogen (secondary N) is 1. The number of halogens is 4. The fourth-order valence-electron chi connectivity index (χ4n) is 3.00. The van der Waals surface area contributed by atoms with Crippen molar-refractivity contribution >= 4 is 52.6 Å². The van der Waals surface area contributed by atoms with Crippen LogP contribution in [0.3, 0.4) is 0 Å². The van der Waals surface area contributed by atoms with Gasteiger partial charge in [-0.2, -0.15) is 0 Å². The second-order valence-electron chi connectivity index (χ2n) is 7.00. The van der Waals surface area contributed by atoms with Gasteiger partial charge < -0.3 is 18.9 Å². The van der Waals surface area contributed by atoms with Crippen LogP contribution in [0.15, 0.2) is 60.7 Å². The highest BCUT2D eigenvalue weighted by Gasteiger charge is 2.44. The zero-order valence-corrected chi connectivity index (χ0v) is 19.2. The normalized spacial score (nSPS) is 22.8. The van der Waals surface area contributed by atoms with Crippen LogP contribution in [0.4, 0.5) is 4.39 Å². The van der Waals surface area contributed by atoms with E-state index in [4.69, 9.17) is 59.2 Å². The number of alkyl halides is 4. The van der Waals surface area contributed by atoms with Gasteiger partial charge in [0.2, 0.25) is 12.2 Å². The SMILES string of the molecule is N=C(OC1CC(OC(=O)c2ccccc2)C(F)C(COC(=O)c2ccccc2)O1)C(Cl)(Cl)Cl. The first kappa shape index (κ1) is 25.2. The highest BCUT2D eigenvalue weighted by Crippen LogP contribution is 2.32. The minimum absolute atomic E-state index is 0.217. The highest BCUT2D eigenvalue weighted by molar-refractivity contribution is 6.76. The number of esters is 2. The van der Waals surface area contributed by atoms with Gasteiger partial charge in [-0.25, -0.2) is 14.0 Å². The van der Waals surface area contributed by atoms with Gasteiger partial charge in [0.25, 0.3) is 3.79 Å². The zero-order valence-electron chi connectivity index (χ0n) is 17.0. The van der Waals surface area contributed by atoms with Crippen molar-refractivity contribution in [2.24, 2.45) is 0 Å². The van der Waals surface area contributed by atoms with E-state index < -0.39 is 52.9 Å². The van der Waals surface area contributed by atoms with Crippen LogP contribution in [0.1, 0.15) is 27.1 Å². The molecule has 7 nitrogen and oxygen atoms in total. The monoisotopic (exact) mass is 517 g/mol. The van der Waals surface area contributed by atoms with E-state index in [1.165, 1.54) is 24.3 Å². The third-order valence-electron chi connectivity index (χ3n) is 4.62. The minimum atomic E-state index is -2.18. The maximum atomic E-state index is 15.2. The van der Waals surface area contributed by atoms with Crippen LogP contribution in [0.25, 0.3) is 0 Å². The van der Waals surface area contributed by atoms with Gasteiger partial charge in [0.15, 0.2) is 6.17 Å². The smallest absolute Gasteiger partial charge is 0.338 e. The lowest BCUT2D eigenvalue weighted by molar-refractivity contribution is -0.219. The number of ether oxygens (including phenoxy) is 4. The molecule has 1 fully saturated rings. The van der Waals surface area contributed by atoms with Crippen LogP contribution in [0.5, 0.6) is 0 Å². The van der Waals surface area contributed by atoms with E-state index in [-0.39, 0.29) is 17.5 Å². The molecule has 176 valence electrons. The molecule has 0 saturated carbocycles. The molecule has 0 spiro atoms. The minimum Gasteiger partial charge on any atom is -0.459 e. The molecule has 1 heterocycles. The molecule has 0 radical (unpaired) electrons. The molecule has 0 bridgehead atoms. The molecule has 0 aliphatic carbocycles. The molecule has 0 aromatic heterocycles. The van der Waals surface area contributed by atoms with Crippen LogP contribution in [-0.2, 0) is 18.9 Å². The van der Waals surface area contributed by atoms with Crippen LogP contribution in [0, 0.1) is 5.41 Å². The summed E-state index contributed by atoms with van der Waals surface area (Å²) in [6, 6.07) is 16.1. The largest absolute Gasteiger partial charge is 0.459 e. The van der Waals surface area contributed by atoms with Crippen LogP contribution < -0.4 is 0 Å². The Kier molecular flexibility index (Phi) is 8.53. The second kappa shape index (κ2) is 11.2. The molecule has 2 aromatic rings. The highest BCUT2D eigenvalue weighted by atomic mass is 35.6. The third-order valence-corrected chi connectivity index (χ3v) is 5.14. The van der Waals surface area contributed by atoms with Crippen LogP contribution >= 0.6 is 34.8 Å². The van der Waals surface area contributed by atoms with Crippen molar-refractivity contribution in [3.63, 3.8) is 0 Å². The van der Waals surface area contributed by atoms with Gasteiger partial charge in [-0.15, -0.1) is 0 Å². The standard InChI is InChI=1S/C22H19Cl3FNO6/c23-22(24,25)21(27)33-17-11-15(32-20(29)14-9-5-2-6-10-14)18(26)16(31-17)12-30-19(28)13-7-3-1-4-8-13/h1-10,15-18,27H,11-12H2. The van der Waals surface area contributed by atoms with Gasteiger partial charge >= 0.3 is 11.9 Å². The fraction of sp³-hybridized carbons (Fsp3) is 0.318. The molecular formula is C22H19Cl3FNO6. The quantitative estimate of drug-likeness (QED) is 0.253. The van der Waals surface area contributed by atoms with Crippen molar-refractivity contribution in [2.45, 2.75) is 34.9 Å². The average Bonchev–Trinajstić information content (AvgIpc) is 2.80. The number of hydrogen-bond acceptors (Lipinski definition) is 7. The molecule has 4 atom stereocenters. The summed E-state index contributed by atoms with van der Waals surface area (Å²) >= 11 is 16.9. The lowest BCUT2D eigenvalue weighted by atomic mass is 10.0. The van der Waals surface area contributed by atoms with Crippen molar-refractivity contribution in [3.8, 4) is 0 Å². The molecule has 3 rings (SSSR count). The molecule has 1 saturated heterocycles.